The molecule has 6 aromatic rings. The number of aryl methyl sites for hydroxylation is 2. The first-order valence-electron chi connectivity index (χ1n) is 16.8. The van der Waals surface area contributed by atoms with Crippen molar-refractivity contribution in [1.29, 1.82) is 0 Å². The van der Waals surface area contributed by atoms with Crippen molar-refractivity contribution in [1.82, 2.24) is 0 Å². The van der Waals surface area contributed by atoms with E-state index in [2.05, 4.69) is 166 Å². The number of hydrogen-bond donors (Lipinski definition) is 0. The van der Waals surface area contributed by atoms with Gasteiger partial charge in [0.2, 0.25) is 0 Å². The zero-order valence-electron chi connectivity index (χ0n) is 27.3. The van der Waals surface area contributed by atoms with Crippen LogP contribution >= 0.6 is 0 Å². The molecule has 46 heavy (non-hydrogen) atoms. The minimum atomic E-state index is 0.514. The molecule has 6 aromatic carbocycles. The summed E-state index contributed by atoms with van der Waals surface area (Å²) in [7, 11) is 0. The van der Waals surface area contributed by atoms with Gasteiger partial charge >= 0.3 is 0 Å². The molecule has 1 atom stereocenters. The zero-order chi connectivity index (χ0) is 31.5. The molecule has 7 rings (SSSR count). The van der Waals surface area contributed by atoms with Crippen molar-refractivity contribution < 1.29 is 0 Å². The van der Waals surface area contributed by atoms with Gasteiger partial charge in [-0.15, -0.1) is 0 Å². The maximum Gasteiger partial charge on any atom is -0.0127 e. The molecule has 0 heteroatoms. The fourth-order valence-corrected chi connectivity index (χ4v) is 6.95. The Bertz CT molecular complexity index is 2050. The Kier molecular flexibility index (Phi) is 8.53. The van der Waals surface area contributed by atoms with Gasteiger partial charge in [0.15, 0.2) is 0 Å². The second-order valence-electron chi connectivity index (χ2n) is 12.9. The fourth-order valence-electron chi connectivity index (χ4n) is 6.95. The van der Waals surface area contributed by atoms with E-state index in [1.807, 2.05) is 0 Å². The van der Waals surface area contributed by atoms with Gasteiger partial charge in [-0.25, -0.2) is 0 Å². The summed E-state index contributed by atoms with van der Waals surface area (Å²) < 4.78 is 0. The highest BCUT2D eigenvalue weighted by Crippen LogP contribution is 2.38. The molecule has 0 heterocycles. The highest BCUT2D eigenvalue weighted by Gasteiger charge is 2.18. The molecule has 1 aliphatic rings. The van der Waals surface area contributed by atoms with Crippen LogP contribution in [0.15, 0.2) is 151 Å². The Morgan fingerprint density at radius 2 is 1.13 bits per heavy atom. The van der Waals surface area contributed by atoms with E-state index >= 15 is 0 Å². The number of allylic oxidation sites excluding steroid dienone is 4. The van der Waals surface area contributed by atoms with Gasteiger partial charge in [0, 0.05) is 0 Å². The predicted molar refractivity (Wildman–Crippen MR) is 199 cm³/mol. The van der Waals surface area contributed by atoms with Gasteiger partial charge in [0.1, 0.15) is 0 Å². The van der Waals surface area contributed by atoms with Gasteiger partial charge in [-0.3, -0.25) is 0 Å². The minimum Gasteiger partial charge on any atom is -0.0840 e. The van der Waals surface area contributed by atoms with Crippen LogP contribution in [0.3, 0.4) is 0 Å². The monoisotopic (exact) mass is 594 g/mol. The van der Waals surface area contributed by atoms with Crippen molar-refractivity contribution in [3.63, 3.8) is 0 Å². The van der Waals surface area contributed by atoms with Crippen LogP contribution in [0, 0.1) is 19.8 Å². The molecule has 0 bridgehead atoms. The summed E-state index contributed by atoms with van der Waals surface area (Å²) in [5, 5.41) is 2.56. The standard InChI is InChI=1S/C46H42/c1-4-34(35-10-6-5-7-11-35)28-44-27-26-43(41-25-24-36-12-8-9-13-40(36)29-41)31-46(44)45-30-42(19-16-33(45)3)39-22-20-38(21-23-39)37-17-14-32(2)15-18-37/h6,8-27,29-31,34H,4-5,7,28H2,1-3H3. The molecule has 0 fully saturated rings. The normalized spacial score (nSPS) is 13.5. The van der Waals surface area contributed by atoms with E-state index in [0.717, 1.165) is 25.7 Å². The molecule has 0 aromatic heterocycles. The van der Waals surface area contributed by atoms with Crippen LogP contribution in [0.2, 0.25) is 0 Å². The minimum absolute atomic E-state index is 0.514. The Labute approximate surface area is 274 Å². The Morgan fingerprint density at radius 3 is 1.85 bits per heavy atom. The maximum atomic E-state index is 2.46. The predicted octanol–water partition coefficient (Wildman–Crippen LogP) is 13.0. The third kappa shape index (κ3) is 6.26. The van der Waals surface area contributed by atoms with E-state index < -0.39 is 0 Å². The lowest BCUT2D eigenvalue weighted by Gasteiger charge is -2.22. The van der Waals surface area contributed by atoms with Crippen molar-refractivity contribution >= 4 is 10.8 Å². The van der Waals surface area contributed by atoms with Gasteiger partial charge in [0.25, 0.3) is 0 Å². The second kappa shape index (κ2) is 13.2. The summed E-state index contributed by atoms with van der Waals surface area (Å²) in [6.45, 7) is 6.73. The van der Waals surface area contributed by atoms with Gasteiger partial charge in [-0.05, 0) is 136 Å². The molecule has 1 unspecified atom stereocenters. The zero-order valence-corrected chi connectivity index (χ0v) is 27.3. The number of fused-ring (bicyclic) bond motifs is 1. The molecule has 0 N–H and O–H groups in total. The first-order valence-corrected chi connectivity index (χ1v) is 16.8. The summed E-state index contributed by atoms with van der Waals surface area (Å²) >= 11 is 0. The summed E-state index contributed by atoms with van der Waals surface area (Å²) in [5.41, 5.74) is 15.7. The van der Waals surface area contributed by atoms with Crippen LogP contribution in [0.1, 0.15) is 42.9 Å². The van der Waals surface area contributed by atoms with E-state index in [0.29, 0.717) is 5.92 Å². The number of hydrogen-bond acceptors (Lipinski definition) is 0. The van der Waals surface area contributed by atoms with Crippen molar-refractivity contribution in [3.05, 3.63) is 168 Å². The highest BCUT2D eigenvalue weighted by atomic mass is 14.2. The van der Waals surface area contributed by atoms with Crippen molar-refractivity contribution in [2.45, 2.75) is 46.5 Å². The molecule has 0 saturated carbocycles. The second-order valence-corrected chi connectivity index (χ2v) is 12.9. The number of rotatable bonds is 8. The first-order chi connectivity index (χ1) is 22.6. The van der Waals surface area contributed by atoms with Crippen molar-refractivity contribution in [3.8, 4) is 44.5 Å². The van der Waals surface area contributed by atoms with E-state index in [-0.39, 0.29) is 0 Å². The van der Waals surface area contributed by atoms with E-state index in [1.54, 1.807) is 0 Å². The average Bonchev–Trinajstić information content (AvgIpc) is 3.11. The van der Waals surface area contributed by atoms with Crippen LogP contribution in [0.5, 0.6) is 0 Å². The quantitative estimate of drug-likeness (QED) is 0.164. The lowest BCUT2D eigenvalue weighted by atomic mass is 9.82. The van der Waals surface area contributed by atoms with Crippen LogP contribution in [-0.4, -0.2) is 0 Å². The largest absolute Gasteiger partial charge is 0.0840 e. The topological polar surface area (TPSA) is 0 Å². The van der Waals surface area contributed by atoms with E-state index in [1.165, 1.54) is 77.5 Å². The fraction of sp³-hybridized carbons (Fsp3) is 0.174. The molecule has 1 aliphatic carbocycles. The Hall–Kier alpha value is -4.94. The average molecular weight is 595 g/mol. The maximum absolute atomic E-state index is 2.46. The molecule has 0 spiro atoms. The summed E-state index contributed by atoms with van der Waals surface area (Å²) in [6.07, 6.45) is 11.7. The third-order valence-corrected chi connectivity index (χ3v) is 9.78. The van der Waals surface area contributed by atoms with Crippen molar-refractivity contribution in [2.75, 3.05) is 0 Å². The first kappa shape index (κ1) is 29.8. The smallest absolute Gasteiger partial charge is 0.0127 e. The lowest BCUT2D eigenvalue weighted by Crippen LogP contribution is -2.08. The molecule has 0 saturated heterocycles. The van der Waals surface area contributed by atoms with Crippen LogP contribution in [0.25, 0.3) is 55.3 Å². The van der Waals surface area contributed by atoms with Crippen LogP contribution < -0.4 is 0 Å². The highest BCUT2D eigenvalue weighted by molar-refractivity contribution is 5.89. The van der Waals surface area contributed by atoms with Gasteiger partial charge < -0.3 is 0 Å². The SMILES string of the molecule is CCC(Cc1ccc(-c2ccc3ccccc3c2)cc1-c1cc(-c2ccc(-c3ccc(C)cc3)cc2)ccc1C)C1=CCCC=C1. The van der Waals surface area contributed by atoms with E-state index in [9.17, 15) is 0 Å². The van der Waals surface area contributed by atoms with Crippen LogP contribution in [-0.2, 0) is 6.42 Å². The lowest BCUT2D eigenvalue weighted by molar-refractivity contribution is 0.596. The summed E-state index contributed by atoms with van der Waals surface area (Å²) in [6, 6.07) is 47.5. The molecule has 0 amide bonds. The molecular weight excluding hydrogens is 553 g/mol. The Balaban J connectivity index is 1.30. The molecule has 0 nitrogen and oxygen atoms in total. The molecular formula is C46H42. The summed E-state index contributed by atoms with van der Waals surface area (Å²) in [4.78, 5) is 0. The third-order valence-electron chi connectivity index (χ3n) is 9.78. The van der Waals surface area contributed by atoms with Crippen molar-refractivity contribution in [2.24, 2.45) is 5.92 Å². The molecule has 0 aliphatic heterocycles. The van der Waals surface area contributed by atoms with Gasteiger partial charge in [-0.1, -0.05) is 140 Å². The molecule has 226 valence electrons. The van der Waals surface area contributed by atoms with E-state index in [4.69, 9.17) is 0 Å². The van der Waals surface area contributed by atoms with Crippen LogP contribution in [0.4, 0.5) is 0 Å². The summed E-state index contributed by atoms with van der Waals surface area (Å²) in [5.74, 6) is 0.514. The van der Waals surface area contributed by atoms with Gasteiger partial charge in [-0.2, -0.15) is 0 Å². The Morgan fingerprint density at radius 1 is 0.543 bits per heavy atom. The number of benzene rings is 6. The molecule has 0 radical (unpaired) electrons. The van der Waals surface area contributed by atoms with Gasteiger partial charge in [0.05, 0.1) is 0 Å².